The fourth-order valence-corrected chi connectivity index (χ4v) is 5.29. The average Bonchev–Trinajstić information content (AvgIpc) is 2.69. The van der Waals surface area contributed by atoms with Gasteiger partial charge in [0.15, 0.2) is 0 Å². The summed E-state index contributed by atoms with van der Waals surface area (Å²) in [5, 5.41) is 0. The van der Waals surface area contributed by atoms with Crippen LogP contribution in [0.15, 0.2) is 14.1 Å². The van der Waals surface area contributed by atoms with Gasteiger partial charge in [-0.3, -0.25) is 4.79 Å². The molecule has 19 heavy (non-hydrogen) atoms. The van der Waals surface area contributed by atoms with Crippen LogP contribution in [-0.2, 0) is 19.6 Å². The number of halogens is 1. The van der Waals surface area contributed by atoms with E-state index in [-0.39, 0.29) is 17.3 Å². The molecule has 0 spiro atoms. The minimum Gasteiger partial charge on any atom is -0.468 e. The van der Waals surface area contributed by atoms with Crippen molar-refractivity contribution in [2.75, 3.05) is 20.2 Å². The summed E-state index contributed by atoms with van der Waals surface area (Å²) in [6.07, 6.45) is 0.627. The normalized spacial score (nSPS) is 11.8. The lowest BCUT2D eigenvalue weighted by Crippen LogP contribution is -2.36. The van der Waals surface area contributed by atoms with Crippen molar-refractivity contribution in [1.82, 2.24) is 4.31 Å². The molecule has 0 saturated carbocycles. The van der Waals surface area contributed by atoms with Crippen molar-refractivity contribution in [2.45, 2.75) is 24.5 Å². The third-order valence-electron chi connectivity index (χ3n) is 2.43. The zero-order chi connectivity index (χ0) is 14.6. The number of thiophene rings is 1. The van der Waals surface area contributed by atoms with E-state index in [0.29, 0.717) is 6.42 Å². The van der Waals surface area contributed by atoms with Gasteiger partial charge in [-0.25, -0.2) is 8.42 Å². The molecule has 0 aromatic carbocycles. The second-order valence-corrected chi connectivity index (χ2v) is 8.47. The molecule has 1 aromatic heterocycles. The number of hydrogen-bond donors (Lipinski definition) is 0. The van der Waals surface area contributed by atoms with Crippen molar-refractivity contribution in [1.29, 1.82) is 0 Å². The summed E-state index contributed by atoms with van der Waals surface area (Å²) in [5.74, 6) is -0.565. The van der Waals surface area contributed by atoms with Gasteiger partial charge in [0.1, 0.15) is 10.8 Å². The molecule has 108 valence electrons. The Bertz CT molecular complexity index is 534. The highest BCUT2D eigenvalue weighted by Gasteiger charge is 2.28. The van der Waals surface area contributed by atoms with E-state index < -0.39 is 16.0 Å². The van der Waals surface area contributed by atoms with Gasteiger partial charge in [0, 0.05) is 6.54 Å². The van der Waals surface area contributed by atoms with Crippen LogP contribution in [0.4, 0.5) is 0 Å². The number of ether oxygens (including phenoxy) is 1. The molecular formula is C11H16BrNO4S2. The highest BCUT2D eigenvalue weighted by atomic mass is 79.9. The van der Waals surface area contributed by atoms with Crippen molar-refractivity contribution in [3.8, 4) is 0 Å². The van der Waals surface area contributed by atoms with Crippen LogP contribution >= 0.6 is 27.3 Å². The molecule has 1 aromatic rings. The number of carbonyl (C=O) groups is 1. The fraction of sp³-hybridized carbons (Fsp3) is 0.545. The Balaban J connectivity index is 3.08. The monoisotopic (exact) mass is 369 g/mol. The number of esters is 1. The van der Waals surface area contributed by atoms with Crippen LogP contribution in [0.5, 0.6) is 0 Å². The number of methoxy groups -OCH3 is 1. The van der Waals surface area contributed by atoms with E-state index in [4.69, 9.17) is 0 Å². The lowest BCUT2D eigenvalue weighted by atomic mass is 10.4. The number of aryl methyl sites for hydroxylation is 1. The Morgan fingerprint density at radius 2 is 2.16 bits per heavy atom. The van der Waals surface area contributed by atoms with Crippen molar-refractivity contribution < 1.29 is 17.9 Å². The third kappa shape index (κ3) is 4.01. The molecule has 0 N–H and O–H groups in total. The van der Waals surface area contributed by atoms with Crippen LogP contribution in [0.3, 0.4) is 0 Å². The van der Waals surface area contributed by atoms with Gasteiger partial charge in [-0.15, -0.1) is 11.3 Å². The molecule has 0 aliphatic carbocycles. The molecule has 5 nitrogen and oxygen atoms in total. The lowest BCUT2D eigenvalue weighted by Gasteiger charge is -2.19. The van der Waals surface area contributed by atoms with E-state index in [9.17, 15) is 13.2 Å². The zero-order valence-electron chi connectivity index (χ0n) is 11.0. The largest absolute Gasteiger partial charge is 0.468 e. The maximum atomic E-state index is 12.4. The second kappa shape index (κ2) is 6.83. The standard InChI is InChI=1S/C11H16BrNO4S2/c1-4-5-13(7-9(14)17-3)19(15,16)10-6-8(2)11(12)18-10/h6H,4-5,7H2,1-3H3. The molecule has 0 aliphatic heterocycles. The van der Waals surface area contributed by atoms with Crippen LogP contribution in [0.1, 0.15) is 18.9 Å². The highest BCUT2D eigenvalue weighted by Crippen LogP contribution is 2.32. The average molecular weight is 370 g/mol. The summed E-state index contributed by atoms with van der Waals surface area (Å²) in [6, 6.07) is 1.60. The first kappa shape index (κ1) is 16.6. The van der Waals surface area contributed by atoms with Crippen LogP contribution in [0, 0.1) is 6.92 Å². The van der Waals surface area contributed by atoms with Gasteiger partial charge >= 0.3 is 5.97 Å². The summed E-state index contributed by atoms with van der Waals surface area (Å²) in [5.41, 5.74) is 0.859. The number of hydrogen-bond acceptors (Lipinski definition) is 5. The number of sulfonamides is 1. The Morgan fingerprint density at radius 3 is 2.58 bits per heavy atom. The van der Waals surface area contributed by atoms with Crippen LogP contribution in [-0.4, -0.2) is 38.9 Å². The van der Waals surface area contributed by atoms with Gasteiger partial charge < -0.3 is 4.74 Å². The Kier molecular flexibility index (Phi) is 5.97. The summed E-state index contributed by atoms with van der Waals surface area (Å²) in [7, 11) is -2.41. The number of nitrogens with zero attached hydrogens (tertiary/aromatic N) is 1. The molecule has 0 aliphatic rings. The Morgan fingerprint density at radius 1 is 1.53 bits per heavy atom. The SMILES string of the molecule is CCCN(CC(=O)OC)S(=O)(=O)c1cc(C)c(Br)s1. The predicted octanol–water partition coefficient (Wildman–Crippen LogP) is 2.39. The smallest absolute Gasteiger partial charge is 0.321 e. The van der Waals surface area contributed by atoms with Gasteiger partial charge in [0.05, 0.1) is 10.9 Å². The van der Waals surface area contributed by atoms with E-state index in [1.54, 1.807) is 6.07 Å². The van der Waals surface area contributed by atoms with Gasteiger partial charge in [-0.2, -0.15) is 4.31 Å². The third-order valence-corrected chi connectivity index (χ3v) is 6.87. The van der Waals surface area contributed by atoms with Crippen molar-refractivity contribution in [2.24, 2.45) is 0 Å². The fourth-order valence-electron chi connectivity index (χ4n) is 1.43. The molecule has 0 saturated heterocycles. The second-order valence-electron chi connectivity index (χ2n) is 3.94. The Labute approximate surface area is 125 Å². The predicted molar refractivity (Wildman–Crippen MR) is 77.8 cm³/mol. The van der Waals surface area contributed by atoms with E-state index in [1.807, 2.05) is 13.8 Å². The summed E-state index contributed by atoms with van der Waals surface area (Å²) in [6.45, 7) is 3.70. The van der Waals surface area contributed by atoms with Crippen LogP contribution in [0.25, 0.3) is 0 Å². The van der Waals surface area contributed by atoms with Crippen LogP contribution < -0.4 is 0 Å². The van der Waals surface area contributed by atoms with E-state index in [0.717, 1.165) is 25.0 Å². The molecule has 0 fully saturated rings. The van der Waals surface area contributed by atoms with E-state index in [2.05, 4.69) is 20.7 Å². The summed E-state index contributed by atoms with van der Waals surface area (Å²) in [4.78, 5) is 11.3. The molecule has 1 heterocycles. The van der Waals surface area contributed by atoms with Crippen molar-refractivity contribution in [3.05, 3.63) is 15.4 Å². The van der Waals surface area contributed by atoms with Gasteiger partial charge in [0.2, 0.25) is 0 Å². The van der Waals surface area contributed by atoms with E-state index in [1.165, 1.54) is 7.11 Å². The van der Waals surface area contributed by atoms with Gasteiger partial charge in [-0.05, 0) is 40.9 Å². The molecule has 8 heteroatoms. The van der Waals surface area contributed by atoms with Crippen molar-refractivity contribution in [3.63, 3.8) is 0 Å². The lowest BCUT2D eigenvalue weighted by molar-refractivity contribution is -0.140. The summed E-state index contributed by atoms with van der Waals surface area (Å²) < 4.78 is 31.6. The topological polar surface area (TPSA) is 63.7 Å². The number of carbonyl (C=O) groups excluding carboxylic acids is 1. The molecular weight excluding hydrogens is 354 g/mol. The molecule has 0 unspecified atom stereocenters. The molecule has 0 radical (unpaired) electrons. The summed E-state index contributed by atoms with van der Waals surface area (Å²) >= 11 is 4.45. The van der Waals surface area contributed by atoms with Crippen molar-refractivity contribution >= 4 is 43.3 Å². The van der Waals surface area contributed by atoms with Gasteiger partial charge in [0.25, 0.3) is 10.0 Å². The van der Waals surface area contributed by atoms with Crippen LogP contribution in [0.2, 0.25) is 0 Å². The minimum absolute atomic E-state index is 0.231. The van der Waals surface area contributed by atoms with Gasteiger partial charge in [-0.1, -0.05) is 6.92 Å². The molecule has 0 bridgehead atoms. The first-order valence-electron chi connectivity index (χ1n) is 5.65. The first-order valence-corrected chi connectivity index (χ1v) is 8.70. The molecule has 1 rings (SSSR count). The van der Waals surface area contributed by atoms with E-state index >= 15 is 0 Å². The number of rotatable bonds is 6. The zero-order valence-corrected chi connectivity index (χ0v) is 14.2. The maximum absolute atomic E-state index is 12.4. The molecule has 0 atom stereocenters. The Hall–Kier alpha value is -0.440. The quantitative estimate of drug-likeness (QED) is 0.722. The first-order chi connectivity index (χ1) is 8.82. The highest BCUT2D eigenvalue weighted by molar-refractivity contribution is 9.11. The molecule has 0 amide bonds. The minimum atomic E-state index is -3.65. The maximum Gasteiger partial charge on any atom is 0.321 e.